The number of fused-ring (bicyclic) bond motifs is 1. The highest BCUT2D eigenvalue weighted by molar-refractivity contribution is 5.91. The molecule has 1 atom stereocenters. The topological polar surface area (TPSA) is 46.9 Å². The Balaban J connectivity index is 1.68. The molecule has 0 radical (unpaired) electrons. The van der Waals surface area contributed by atoms with Gasteiger partial charge in [0.2, 0.25) is 0 Å². The zero-order valence-corrected chi connectivity index (χ0v) is 17.2. The van der Waals surface area contributed by atoms with Crippen LogP contribution in [0.3, 0.4) is 0 Å². The number of nitrogens with one attached hydrogen (secondary N) is 1. The maximum Gasteiger partial charge on any atom is 0.270 e. The summed E-state index contributed by atoms with van der Waals surface area (Å²) in [6.45, 7) is 3.65. The second-order valence-corrected chi connectivity index (χ2v) is 8.29. The van der Waals surface area contributed by atoms with Crippen LogP contribution in [-0.2, 0) is 11.8 Å². The number of anilines is 1. The molecule has 2 aliphatic carbocycles. The van der Waals surface area contributed by atoms with E-state index >= 15 is 0 Å². The molecule has 1 saturated carbocycles. The van der Waals surface area contributed by atoms with Gasteiger partial charge in [-0.15, -0.1) is 5.10 Å². The number of aromatic nitrogens is 2. The molecule has 1 heterocycles. The molecule has 0 amide bonds. The van der Waals surface area contributed by atoms with E-state index in [-0.39, 0.29) is 11.7 Å². The standard InChI is InChI=1S/C26H24FN3O/c1-2-24(31)30-23-17-26(18-8-4-3-5-9-18,19-10-6-11-20(27)16-19)15-14-22(23)25(29-30)28-21-12-7-13-21/h2-6,8-11,14-16,21H,1,7,12-13,17H2,(H,28,29). The molecule has 2 aliphatic rings. The smallest absolute Gasteiger partial charge is 0.270 e. The van der Waals surface area contributed by atoms with Crippen molar-refractivity contribution in [3.8, 4) is 0 Å². The van der Waals surface area contributed by atoms with Gasteiger partial charge in [-0.3, -0.25) is 4.79 Å². The molecule has 0 saturated heterocycles. The van der Waals surface area contributed by atoms with Crippen LogP contribution in [0.2, 0.25) is 0 Å². The van der Waals surface area contributed by atoms with Crippen LogP contribution in [0.5, 0.6) is 0 Å². The Morgan fingerprint density at radius 3 is 2.61 bits per heavy atom. The third-order valence-electron chi connectivity index (χ3n) is 6.46. The Bertz CT molecular complexity index is 1180. The quantitative estimate of drug-likeness (QED) is 0.572. The number of hydrogen-bond donors (Lipinski definition) is 1. The zero-order valence-electron chi connectivity index (χ0n) is 17.2. The molecule has 1 N–H and O–H groups in total. The lowest BCUT2D eigenvalue weighted by Gasteiger charge is -2.35. The SMILES string of the molecule is C=CC(=O)n1nc(NC2CCC2)c2c1CC(c1ccccc1)(c1cccc(F)c1)C=C2. The number of hydrogen-bond acceptors (Lipinski definition) is 3. The van der Waals surface area contributed by atoms with Crippen molar-refractivity contribution in [3.63, 3.8) is 0 Å². The maximum atomic E-state index is 14.2. The molecule has 2 aromatic carbocycles. The lowest BCUT2D eigenvalue weighted by molar-refractivity contribution is 0.0950. The minimum absolute atomic E-state index is 0.269. The van der Waals surface area contributed by atoms with Crippen molar-refractivity contribution in [2.24, 2.45) is 0 Å². The molecule has 0 spiro atoms. The summed E-state index contributed by atoms with van der Waals surface area (Å²) in [5.41, 5.74) is 3.00. The summed E-state index contributed by atoms with van der Waals surface area (Å²) in [5, 5.41) is 8.11. The van der Waals surface area contributed by atoms with Crippen molar-refractivity contribution in [2.75, 3.05) is 5.32 Å². The summed E-state index contributed by atoms with van der Waals surface area (Å²) in [7, 11) is 0. The van der Waals surface area contributed by atoms with E-state index in [0.717, 1.165) is 41.0 Å². The van der Waals surface area contributed by atoms with Gasteiger partial charge in [-0.05, 0) is 48.6 Å². The Kier molecular flexibility index (Phi) is 4.81. The summed E-state index contributed by atoms with van der Waals surface area (Å²) in [4.78, 5) is 12.7. The first-order valence-electron chi connectivity index (χ1n) is 10.7. The third kappa shape index (κ3) is 3.30. The Morgan fingerprint density at radius 1 is 1.16 bits per heavy atom. The first-order chi connectivity index (χ1) is 15.1. The number of nitrogens with zero attached hydrogens (tertiary/aromatic N) is 2. The van der Waals surface area contributed by atoms with Crippen LogP contribution in [-0.4, -0.2) is 21.7 Å². The van der Waals surface area contributed by atoms with Crippen LogP contribution in [0.15, 0.2) is 73.3 Å². The number of halogens is 1. The predicted molar refractivity (Wildman–Crippen MR) is 121 cm³/mol. The molecule has 0 bridgehead atoms. The molecular formula is C26H24FN3O. The fraction of sp³-hybridized carbons (Fsp3) is 0.231. The molecule has 156 valence electrons. The highest BCUT2D eigenvalue weighted by atomic mass is 19.1. The van der Waals surface area contributed by atoms with Crippen molar-refractivity contribution < 1.29 is 9.18 Å². The van der Waals surface area contributed by atoms with Crippen LogP contribution in [0, 0.1) is 5.82 Å². The average molecular weight is 413 g/mol. The van der Waals surface area contributed by atoms with E-state index in [9.17, 15) is 9.18 Å². The van der Waals surface area contributed by atoms with Gasteiger partial charge in [0.05, 0.1) is 5.69 Å². The molecule has 4 nitrogen and oxygen atoms in total. The van der Waals surface area contributed by atoms with Crippen LogP contribution in [0.4, 0.5) is 10.2 Å². The van der Waals surface area contributed by atoms with Gasteiger partial charge in [0.15, 0.2) is 5.82 Å². The van der Waals surface area contributed by atoms with Crippen molar-refractivity contribution >= 4 is 17.8 Å². The Morgan fingerprint density at radius 2 is 1.94 bits per heavy atom. The summed E-state index contributed by atoms with van der Waals surface area (Å²) in [5.74, 6) is 0.177. The van der Waals surface area contributed by atoms with E-state index in [1.165, 1.54) is 23.2 Å². The molecule has 0 aliphatic heterocycles. The summed E-state index contributed by atoms with van der Waals surface area (Å²) >= 11 is 0. The lowest BCUT2D eigenvalue weighted by Crippen LogP contribution is -2.32. The van der Waals surface area contributed by atoms with Crippen molar-refractivity contribution in [3.05, 3.63) is 102 Å². The monoisotopic (exact) mass is 413 g/mol. The van der Waals surface area contributed by atoms with Crippen LogP contribution < -0.4 is 5.32 Å². The van der Waals surface area contributed by atoms with Gasteiger partial charge in [0.25, 0.3) is 5.91 Å². The summed E-state index contributed by atoms with van der Waals surface area (Å²) in [6, 6.07) is 17.1. The summed E-state index contributed by atoms with van der Waals surface area (Å²) < 4.78 is 15.7. The molecule has 31 heavy (non-hydrogen) atoms. The summed E-state index contributed by atoms with van der Waals surface area (Å²) in [6.07, 6.45) is 9.35. The van der Waals surface area contributed by atoms with Crippen LogP contribution >= 0.6 is 0 Å². The fourth-order valence-corrected chi connectivity index (χ4v) is 4.54. The van der Waals surface area contributed by atoms with Gasteiger partial charge < -0.3 is 5.32 Å². The van der Waals surface area contributed by atoms with E-state index in [0.29, 0.717) is 12.5 Å². The number of rotatable bonds is 5. The van der Waals surface area contributed by atoms with Crippen LogP contribution in [0.25, 0.3) is 6.08 Å². The normalized spacial score (nSPS) is 20.0. The predicted octanol–water partition coefficient (Wildman–Crippen LogP) is 5.37. The number of carbonyl (C=O) groups excluding carboxylic acids is 1. The van der Waals surface area contributed by atoms with E-state index in [2.05, 4.69) is 23.1 Å². The van der Waals surface area contributed by atoms with Crippen molar-refractivity contribution in [2.45, 2.75) is 37.1 Å². The van der Waals surface area contributed by atoms with Crippen molar-refractivity contribution in [1.82, 2.24) is 9.78 Å². The van der Waals surface area contributed by atoms with E-state index in [4.69, 9.17) is 0 Å². The molecule has 5 heteroatoms. The zero-order chi connectivity index (χ0) is 21.4. The fourth-order valence-electron chi connectivity index (χ4n) is 4.54. The van der Waals surface area contributed by atoms with E-state index < -0.39 is 5.41 Å². The van der Waals surface area contributed by atoms with Crippen molar-refractivity contribution in [1.29, 1.82) is 0 Å². The van der Waals surface area contributed by atoms with E-state index in [1.54, 1.807) is 12.1 Å². The number of allylic oxidation sites excluding steroid dienone is 2. The largest absolute Gasteiger partial charge is 0.365 e. The minimum Gasteiger partial charge on any atom is -0.365 e. The van der Waals surface area contributed by atoms with Gasteiger partial charge in [0, 0.05) is 23.4 Å². The van der Waals surface area contributed by atoms with E-state index in [1.807, 2.05) is 42.5 Å². The number of benzene rings is 2. The van der Waals surface area contributed by atoms with Crippen LogP contribution in [0.1, 0.15) is 46.4 Å². The molecule has 1 aromatic heterocycles. The first-order valence-corrected chi connectivity index (χ1v) is 10.7. The molecular weight excluding hydrogens is 389 g/mol. The maximum absolute atomic E-state index is 14.2. The molecule has 5 rings (SSSR count). The van der Waals surface area contributed by atoms with Gasteiger partial charge >= 0.3 is 0 Å². The number of carbonyl (C=O) groups is 1. The van der Waals surface area contributed by atoms with Gasteiger partial charge in [0.1, 0.15) is 5.82 Å². The van der Waals surface area contributed by atoms with Gasteiger partial charge in [-0.2, -0.15) is 4.68 Å². The minimum atomic E-state index is -0.608. The highest BCUT2D eigenvalue weighted by Gasteiger charge is 2.38. The lowest BCUT2D eigenvalue weighted by atomic mass is 9.68. The third-order valence-corrected chi connectivity index (χ3v) is 6.46. The first kappa shape index (κ1) is 19.5. The molecule has 1 unspecified atom stereocenters. The molecule has 1 fully saturated rings. The molecule has 3 aromatic rings. The second-order valence-electron chi connectivity index (χ2n) is 8.29. The average Bonchev–Trinajstić information content (AvgIpc) is 3.13. The Labute approximate surface area is 181 Å². The van der Waals surface area contributed by atoms with Gasteiger partial charge in [-0.1, -0.05) is 61.2 Å². The van der Waals surface area contributed by atoms with Gasteiger partial charge in [-0.25, -0.2) is 4.39 Å². The second kappa shape index (κ2) is 7.65. The Hall–Kier alpha value is -3.47. The highest BCUT2D eigenvalue weighted by Crippen LogP contribution is 2.43.